The summed E-state index contributed by atoms with van der Waals surface area (Å²) in [5, 5.41) is 3.91. The number of halogens is 3. The van der Waals surface area contributed by atoms with Crippen LogP contribution in [0.4, 0.5) is 4.39 Å². The van der Waals surface area contributed by atoms with Crippen molar-refractivity contribution in [1.82, 2.24) is 14.7 Å². The minimum atomic E-state index is -4.28. The van der Waals surface area contributed by atoms with E-state index in [-0.39, 0.29) is 31.9 Å². The van der Waals surface area contributed by atoms with Crippen molar-refractivity contribution in [3.8, 4) is 5.75 Å². The molecule has 9 nitrogen and oxygen atoms in total. The molecule has 0 saturated carbocycles. The van der Waals surface area contributed by atoms with Gasteiger partial charge in [-0.2, -0.15) is 13.5 Å². The number of likely N-dealkylation sites (N-methyl/N-ethyl adjacent to an activating group) is 1. The number of aromatic nitrogens is 2. The highest BCUT2D eigenvalue weighted by atomic mass is 79.9. The number of amides is 1. The Balaban J connectivity index is 1.76. The van der Waals surface area contributed by atoms with E-state index in [9.17, 15) is 17.6 Å². The number of aliphatic imine (C=N–C) groups is 1. The van der Waals surface area contributed by atoms with E-state index in [0.717, 1.165) is 0 Å². The van der Waals surface area contributed by atoms with Crippen LogP contribution < -0.4 is 9.92 Å². The molecule has 0 bridgehead atoms. The Morgan fingerprint density at radius 3 is 2.26 bits per heavy atom. The SMILES string of the molecule is Cc1nn(C)c(Cl)c1S(=O)(=O)Oc1ccc(C2(c3ccc(F)c(Br)c3)N=C(N)N(C)C2=O)cc1. The van der Waals surface area contributed by atoms with E-state index in [4.69, 9.17) is 21.5 Å². The fourth-order valence-corrected chi connectivity index (χ4v) is 5.75. The predicted octanol–water partition coefficient (Wildman–Crippen LogP) is 3.08. The van der Waals surface area contributed by atoms with Crippen molar-refractivity contribution in [3.05, 3.63) is 74.7 Å². The van der Waals surface area contributed by atoms with Gasteiger partial charge in [0.15, 0.2) is 16.4 Å². The Morgan fingerprint density at radius 2 is 1.76 bits per heavy atom. The fraction of sp³-hybridized carbons (Fsp3) is 0.190. The zero-order chi connectivity index (χ0) is 25.0. The molecule has 0 fully saturated rings. The first kappa shape index (κ1) is 24.2. The minimum Gasteiger partial charge on any atom is -0.379 e. The van der Waals surface area contributed by atoms with Gasteiger partial charge in [-0.15, -0.1) is 0 Å². The summed E-state index contributed by atoms with van der Waals surface area (Å²) in [6.45, 7) is 1.50. The molecule has 1 amide bonds. The normalized spacial score (nSPS) is 18.4. The van der Waals surface area contributed by atoms with E-state index >= 15 is 0 Å². The number of carbonyl (C=O) groups is 1. The van der Waals surface area contributed by atoms with Crippen molar-refractivity contribution in [2.75, 3.05) is 7.05 Å². The summed E-state index contributed by atoms with van der Waals surface area (Å²) < 4.78 is 46.1. The van der Waals surface area contributed by atoms with Gasteiger partial charge in [-0.1, -0.05) is 29.8 Å². The van der Waals surface area contributed by atoms with Crippen LogP contribution >= 0.6 is 27.5 Å². The Hall–Kier alpha value is -2.96. The third-order valence-electron chi connectivity index (χ3n) is 5.41. The van der Waals surface area contributed by atoms with Crippen LogP contribution in [0.2, 0.25) is 5.15 Å². The smallest absolute Gasteiger partial charge is 0.344 e. The Labute approximate surface area is 208 Å². The number of carbonyl (C=O) groups excluding carboxylic acids is 1. The summed E-state index contributed by atoms with van der Waals surface area (Å²) in [4.78, 5) is 18.6. The molecule has 2 heterocycles. The average Bonchev–Trinajstić information content (AvgIpc) is 3.17. The van der Waals surface area contributed by atoms with Gasteiger partial charge in [0.1, 0.15) is 16.7 Å². The third kappa shape index (κ3) is 3.75. The van der Waals surface area contributed by atoms with Gasteiger partial charge in [0.2, 0.25) is 0 Å². The highest BCUT2D eigenvalue weighted by Gasteiger charge is 2.49. The maximum absolute atomic E-state index is 13.9. The molecular weight excluding hydrogens is 553 g/mol. The first-order chi connectivity index (χ1) is 15.9. The van der Waals surface area contributed by atoms with Crippen molar-refractivity contribution < 1.29 is 21.8 Å². The lowest BCUT2D eigenvalue weighted by atomic mass is 9.83. The summed E-state index contributed by atoms with van der Waals surface area (Å²) in [5.74, 6) is -1.00. The molecule has 0 radical (unpaired) electrons. The number of aryl methyl sites for hydroxylation is 2. The van der Waals surface area contributed by atoms with Crippen LogP contribution in [0.3, 0.4) is 0 Å². The first-order valence-corrected chi connectivity index (χ1v) is 12.3. The second-order valence-corrected chi connectivity index (χ2v) is 10.3. The number of nitrogens with zero attached hydrogens (tertiary/aromatic N) is 4. The highest BCUT2D eigenvalue weighted by molar-refractivity contribution is 9.10. The molecule has 1 aliphatic heterocycles. The van der Waals surface area contributed by atoms with E-state index in [1.54, 1.807) is 0 Å². The van der Waals surface area contributed by atoms with Crippen molar-refractivity contribution >= 4 is 49.5 Å². The summed E-state index contributed by atoms with van der Waals surface area (Å²) in [6, 6.07) is 9.85. The molecule has 1 unspecified atom stereocenters. The van der Waals surface area contributed by atoms with Crippen LogP contribution in [0, 0.1) is 12.7 Å². The van der Waals surface area contributed by atoms with Gasteiger partial charge in [-0.05, 0) is 58.2 Å². The number of benzene rings is 2. The monoisotopic (exact) mass is 569 g/mol. The molecule has 0 saturated heterocycles. The molecule has 2 N–H and O–H groups in total. The summed E-state index contributed by atoms with van der Waals surface area (Å²) in [6.07, 6.45) is 0. The summed E-state index contributed by atoms with van der Waals surface area (Å²) in [7, 11) is -1.29. The van der Waals surface area contributed by atoms with Gasteiger partial charge >= 0.3 is 10.1 Å². The van der Waals surface area contributed by atoms with Gasteiger partial charge in [0.25, 0.3) is 5.91 Å². The van der Waals surface area contributed by atoms with E-state index in [2.05, 4.69) is 26.0 Å². The lowest BCUT2D eigenvalue weighted by molar-refractivity contribution is -0.129. The maximum atomic E-state index is 13.9. The largest absolute Gasteiger partial charge is 0.379 e. The van der Waals surface area contributed by atoms with Gasteiger partial charge in [0, 0.05) is 14.1 Å². The molecule has 1 aliphatic rings. The molecule has 1 atom stereocenters. The van der Waals surface area contributed by atoms with Crippen LogP contribution in [-0.4, -0.2) is 42.0 Å². The molecule has 0 spiro atoms. The maximum Gasteiger partial charge on any atom is 0.344 e. The summed E-state index contributed by atoms with van der Waals surface area (Å²) in [5.41, 5.74) is 5.29. The number of hydrogen-bond donors (Lipinski definition) is 1. The molecule has 178 valence electrons. The zero-order valence-corrected chi connectivity index (χ0v) is 21.2. The second-order valence-electron chi connectivity index (χ2n) is 7.56. The zero-order valence-electron chi connectivity index (χ0n) is 18.1. The third-order valence-corrected chi connectivity index (χ3v) is 7.96. The predicted molar refractivity (Wildman–Crippen MR) is 126 cm³/mol. The lowest BCUT2D eigenvalue weighted by Gasteiger charge is -2.26. The number of nitrogens with two attached hydrogens (primary N) is 1. The highest BCUT2D eigenvalue weighted by Crippen LogP contribution is 2.41. The van der Waals surface area contributed by atoms with Crippen molar-refractivity contribution in [2.45, 2.75) is 17.4 Å². The van der Waals surface area contributed by atoms with E-state index < -0.39 is 27.4 Å². The van der Waals surface area contributed by atoms with Crippen LogP contribution in [0.1, 0.15) is 16.8 Å². The van der Waals surface area contributed by atoms with Gasteiger partial charge in [-0.3, -0.25) is 14.4 Å². The Kier molecular flexibility index (Phi) is 5.95. The van der Waals surface area contributed by atoms with Crippen molar-refractivity contribution in [2.24, 2.45) is 17.8 Å². The lowest BCUT2D eigenvalue weighted by Crippen LogP contribution is -2.41. The van der Waals surface area contributed by atoms with Crippen molar-refractivity contribution in [3.63, 3.8) is 0 Å². The molecule has 2 aromatic carbocycles. The van der Waals surface area contributed by atoms with Gasteiger partial charge in [0.05, 0.1) is 10.2 Å². The average molecular weight is 571 g/mol. The molecule has 4 rings (SSSR count). The summed E-state index contributed by atoms with van der Waals surface area (Å²) >= 11 is 9.21. The molecule has 34 heavy (non-hydrogen) atoms. The fourth-order valence-electron chi connectivity index (χ4n) is 3.72. The number of rotatable bonds is 5. The number of hydrogen-bond acceptors (Lipinski definition) is 7. The molecule has 0 aliphatic carbocycles. The van der Waals surface area contributed by atoms with Gasteiger partial charge in [-0.25, -0.2) is 9.38 Å². The van der Waals surface area contributed by atoms with Crippen molar-refractivity contribution in [1.29, 1.82) is 0 Å². The van der Waals surface area contributed by atoms with Crippen LogP contribution in [0.25, 0.3) is 0 Å². The Morgan fingerprint density at radius 1 is 1.15 bits per heavy atom. The van der Waals surface area contributed by atoms with E-state index in [1.807, 2.05) is 0 Å². The minimum absolute atomic E-state index is 0.0185. The van der Waals surface area contributed by atoms with E-state index in [1.165, 1.54) is 73.1 Å². The molecular formula is C21H18BrClFN5O4S. The standard InChI is InChI=1S/C21H18BrClFN5O4S/c1-11-17(18(23)29(3)27-11)34(31,32)33-14-7-4-12(5-8-14)21(19(30)28(2)20(25)26-21)13-6-9-16(24)15(22)10-13/h4-10H,1-3H3,(H2,25,26). The quantitative estimate of drug-likeness (QED) is 0.471. The van der Waals surface area contributed by atoms with Gasteiger partial charge < -0.3 is 9.92 Å². The van der Waals surface area contributed by atoms with Crippen LogP contribution in [-0.2, 0) is 27.5 Å². The molecule has 3 aromatic rings. The van der Waals surface area contributed by atoms with Crippen LogP contribution in [0.5, 0.6) is 5.75 Å². The first-order valence-electron chi connectivity index (χ1n) is 9.71. The topological polar surface area (TPSA) is 120 Å². The number of guanidine groups is 1. The molecule has 13 heteroatoms. The molecule has 1 aromatic heterocycles. The van der Waals surface area contributed by atoms with E-state index in [0.29, 0.717) is 11.1 Å². The Bertz CT molecular complexity index is 1460. The van der Waals surface area contributed by atoms with Crippen LogP contribution in [0.15, 0.2) is 56.8 Å². The second kappa shape index (κ2) is 8.36.